The van der Waals surface area contributed by atoms with Gasteiger partial charge in [0.25, 0.3) is 0 Å². The Bertz CT molecular complexity index is 3310. The zero-order valence-electron chi connectivity index (χ0n) is 43.9. The molecule has 11 unspecified atom stereocenters. The van der Waals surface area contributed by atoms with E-state index >= 15 is 4.79 Å². The summed E-state index contributed by atoms with van der Waals surface area (Å²) in [5.74, 6) is -2.31. The van der Waals surface area contributed by atoms with Crippen molar-refractivity contribution in [1.82, 2.24) is 0 Å². The number of phenols is 3. The third-order valence-electron chi connectivity index (χ3n) is 19.3. The van der Waals surface area contributed by atoms with Gasteiger partial charge in [0.2, 0.25) is 0 Å². The van der Waals surface area contributed by atoms with E-state index in [0.29, 0.717) is 62.9 Å². The summed E-state index contributed by atoms with van der Waals surface area (Å²) in [5.41, 5.74) is 7.68. The third-order valence-corrected chi connectivity index (χ3v) is 19.3. The number of methoxy groups -OCH3 is 2. The number of phenolic OH excluding ortho intramolecular Hbond substituents is 3. The fourth-order valence-electron chi connectivity index (χ4n) is 16.4. The molecule has 12 heteroatoms. The number of hydrogen-bond donors (Lipinski definition) is 6. The van der Waals surface area contributed by atoms with E-state index in [0.717, 1.165) is 61.7 Å². The van der Waals surface area contributed by atoms with Crippen LogP contribution in [0.25, 0.3) is 28.0 Å². The van der Waals surface area contributed by atoms with E-state index < -0.39 is 53.3 Å². The van der Waals surface area contributed by atoms with Gasteiger partial charge in [-0.3, -0.25) is 9.59 Å². The molecule has 0 aliphatic heterocycles. The summed E-state index contributed by atoms with van der Waals surface area (Å²) in [6.45, 7) is 1.43. The van der Waals surface area contributed by atoms with Crippen molar-refractivity contribution in [2.75, 3.05) is 14.2 Å². The van der Waals surface area contributed by atoms with Crippen molar-refractivity contribution < 1.29 is 59.2 Å². The van der Waals surface area contributed by atoms with E-state index in [2.05, 4.69) is 30.3 Å². The van der Waals surface area contributed by atoms with Crippen LogP contribution in [0.5, 0.6) is 28.7 Å². The number of benzene rings is 6. The van der Waals surface area contributed by atoms with E-state index in [-0.39, 0.29) is 66.1 Å². The first-order valence-electron chi connectivity index (χ1n) is 27.5. The molecule has 3 saturated carbocycles. The lowest BCUT2D eigenvalue weighted by Gasteiger charge is -2.66. The summed E-state index contributed by atoms with van der Waals surface area (Å²) < 4.78 is 25.6. The van der Waals surface area contributed by atoms with E-state index in [1.54, 1.807) is 18.2 Å². The maximum atomic E-state index is 16.2. The van der Waals surface area contributed by atoms with E-state index in [9.17, 15) is 35.4 Å². The number of aliphatic hydroxyl groups is 3. The fourth-order valence-corrected chi connectivity index (χ4v) is 16.4. The molecular formula is C65H68O12. The van der Waals surface area contributed by atoms with Crippen molar-refractivity contribution in [3.05, 3.63) is 154 Å². The quantitative estimate of drug-likeness (QED) is 0.0532. The van der Waals surface area contributed by atoms with Crippen LogP contribution < -0.4 is 9.47 Å². The lowest BCUT2D eigenvalue weighted by Crippen LogP contribution is -2.64. The molecule has 0 aromatic heterocycles. The number of rotatable bonds is 11. The van der Waals surface area contributed by atoms with Gasteiger partial charge in [-0.25, -0.2) is 0 Å². The molecule has 77 heavy (non-hydrogen) atoms. The van der Waals surface area contributed by atoms with Crippen molar-refractivity contribution in [3.63, 3.8) is 0 Å². The smallest absolute Gasteiger partial charge is 0.317 e. The number of fused-ring (bicyclic) bond motifs is 6. The number of allylic oxidation sites excluding steroid dienone is 1. The lowest BCUT2D eigenvalue weighted by molar-refractivity contribution is -0.181. The molecule has 3 fully saturated rings. The Kier molecular flexibility index (Phi) is 13.1. The van der Waals surface area contributed by atoms with Crippen molar-refractivity contribution in [1.29, 1.82) is 0 Å². The molecule has 0 saturated heterocycles. The SMILES string of the molecule is COc1cc2c(cc1O)C1CC(O)C3Cc4cc(O)c(OC)cc4C4CC(OC(=O)C5(c6ccc7cc(O)cc(-c8ccccc8)c7c6)CCCC5CCC(O)O)CC(OC(C)=O)C(C2)C1(C1=Cc2ccccc2CC1)C43. The predicted octanol–water partition coefficient (Wildman–Crippen LogP) is 10.7. The van der Waals surface area contributed by atoms with Gasteiger partial charge in [-0.2, -0.15) is 0 Å². The first kappa shape index (κ1) is 50.9. The number of aliphatic hydroxyl groups excluding tert-OH is 2. The Morgan fingerprint density at radius 3 is 2.29 bits per heavy atom. The Labute approximate surface area is 448 Å². The normalized spacial score (nSPS) is 28.9. The number of hydrogen-bond acceptors (Lipinski definition) is 12. The van der Waals surface area contributed by atoms with Gasteiger partial charge in [-0.1, -0.05) is 84.8 Å². The van der Waals surface area contributed by atoms with Crippen LogP contribution in [-0.2, 0) is 43.7 Å². The number of carbonyl (C=O) groups excluding carboxylic acids is 2. The third kappa shape index (κ3) is 8.44. The van der Waals surface area contributed by atoms with Crippen molar-refractivity contribution in [2.24, 2.45) is 29.1 Å². The molecule has 11 atom stereocenters. The second kappa shape index (κ2) is 19.9. The van der Waals surface area contributed by atoms with Gasteiger partial charge in [0.15, 0.2) is 29.3 Å². The highest BCUT2D eigenvalue weighted by molar-refractivity contribution is 5.99. The minimum atomic E-state index is -1.58. The molecule has 0 radical (unpaired) electrons. The molecule has 0 bridgehead atoms. The molecule has 400 valence electrons. The zero-order valence-corrected chi connectivity index (χ0v) is 43.9. The molecule has 0 spiro atoms. The molecule has 12 nitrogen and oxygen atoms in total. The van der Waals surface area contributed by atoms with Crippen LogP contribution in [0.4, 0.5) is 0 Å². The van der Waals surface area contributed by atoms with Gasteiger partial charge in [-0.15, -0.1) is 0 Å². The van der Waals surface area contributed by atoms with E-state index in [1.165, 1.54) is 32.3 Å². The Balaban J connectivity index is 1.06. The van der Waals surface area contributed by atoms with Gasteiger partial charge in [0.1, 0.15) is 18.0 Å². The first-order chi connectivity index (χ1) is 37.2. The molecule has 6 aromatic carbocycles. The van der Waals surface area contributed by atoms with Gasteiger partial charge in [0, 0.05) is 24.7 Å². The summed E-state index contributed by atoms with van der Waals surface area (Å²) in [7, 11) is 3.06. The minimum absolute atomic E-state index is 0.00458. The lowest BCUT2D eigenvalue weighted by atomic mass is 9.38. The summed E-state index contributed by atoms with van der Waals surface area (Å²) in [4.78, 5) is 30.1. The molecule has 6 aliphatic rings. The molecular weight excluding hydrogens is 973 g/mol. The van der Waals surface area contributed by atoms with Crippen LogP contribution in [-0.4, -0.2) is 81.4 Å². The number of ether oxygens (including phenoxy) is 4. The summed E-state index contributed by atoms with van der Waals surface area (Å²) in [6, 6.07) is 35.1. The number of carbonyl (C=O) groups is 2. The molecule has 0 heterocycles. The van der Waals surface area contributed by atoms with Crippen LogP contribution in [0, 0.1) is 29.1 Å². The maximum absolute atomic E-state index is 16.2. The standard InChI is InChI=1S/C65H68O12/c1-35(66)76-58-31-46(77-63(73)64(21-9-14-42(64)19-20-61(71)72)43-17-16-39-23-45(67)29-48(47(39)28-43)37-11-5-4-6-12-37)30-51-49-33-60(75-3)56(69)26-40(49)24-52-55(68)34-53-50-32-57(70)59(74-2)27-41(50)25-54(58)65(53,62(51)52)44-18-15-36-10-7-8-13-38(36)22-44/h4-8,10-13,16-17,22-23,26-29,32-33,42,46,51-55,58,61-62,67-72H,9,14-15,18-21,24-25,30-31,34H2,1-3H3. The minimum Gasteiger partial charge on any atom is -0.508 e. The van der Waals surface area contributed by atoms with Gasteiger partial charge in [-0.05, 0) is 197 Å². The highest BCUT2D eigenvalue weighted by Gasteiger charge is 2.68. The summed E-state index contributed by atoms with van der Waals surface area (Å²) in [6.07, 6.45) is 3.70. The largest absolute Gasteiger partial charge is 0.508 e. The Morgan fingerprint density at radius 2 is 1.51 bits per heavy atom. The van der Waals surface area contributed by atoms with E-state index in [4.69, 9.17) is 18.9 Å². The molecule has 0 amide bonds. The maximum Gasteiger partial charge on any atom is 0.317 e. The predicted molar refractivity (Wildman–Crippen MR) is 291 cm³/mol. The van der Waals surface area contributed by atoms with Crippen LogP contribution >= 0.6 is 0 Å². The molecule has 12 rings (SSSR count). The fraction of sp³-hybridized carbons (Fsp3) is 0.415. The number of aryl methyl sites for hydroxylation is 1. The van der Waals surface area contributed by atoms with Gasteiger partial charge >= 0.3 is 11.9 Å². The molecule has 6 N–H and O–H groups in total. The second-order valence-corrected chi connectivity index (χ2v) is 23.0. The van der Waals surface area contributed by atoms with Gasteiger partial charge in [0.05, 0.1) is 25.7 Å². The molecule has 6 aromatic rings. The van der Waals surface area contributed by atoms with Crippen LogP contribution in [0.15, 0.2) is 115 Å². The number of esters is 2. The highest BCUT2D eigenvalue weighted by atomic mass is 16.6. The van der Waals surface area contributed by atoms with E-state index in [1.807, 2.05) is 66.7 Å². The average molecular weight is 1040 g/mol. The van der Waals surface area contributed by atoms with Crippen LogP contribution in [0.3, 0.4) is 0 Å². The molecule has 6 aliphatic carbocycles. The Morgan fingerprint density at radius 1 is 0.753 bits per heavy atom. The van der Waals surface area contributed by atoms with Crippen molar-refractivity contribution in [2.45, 2.75) is 126 Å². The van der Waals surface area contributed by atoms with Crippen LogP contribution in [0.1, 0.15) is 115 Å². The monoisotopic (exact) mass is 1040 g/mol. The Hall–Kier alpha value is -6.86. The summed E-state index contributed by atoms with van der Waals surface area (Å²) >= 11 is 0. The highest BCUT2D eigenvalue weighted by Crippen LogP contribution is 2.72. The second-order valence-electron chi connectivity index (χ2n) is 23.0. The topological polar surface area (TPSA) is 192 Å². The van der Waals surface area contributed by atoms with Crippen LogP contribution in [0.2, 0.25) is 0 Å². The first-order valence-corrected chi connectivity index (χ1v) is 27.5. The van der Waals surface area contributed by atoms with Crippen molar-refractivity contribution >= 4 is 28.8 Å². The average Bonchev–Trinajstić information content (AvgIpc) is 4.03. The summed E-state index contributed by atoms with van der Waals surface area (Å²) in [5, 5.41) is 69.2. The van der Waals surface area contributed by atoms with Gasteiger partial charge < -0.3 is 49.6 Å². The zero-order chi connectivity index (χ0) is 53.5. The number of aromatic hydroxyl groups is 3. The van der Waals surface area contributed by atoms with Crippen molar-refractivity contribution in [3.8, 4) is 39.9 Å².